The summed E-state index contributed by atoms with van der Waals surface area (Å²) in [6, 6.07) is 8.34. The van der Waals surface area contributed by atoms with E-state index >= 15 is 0 Å². The molecule has 0 atom stereocenters. The second kappa shape index (κ2) is 8.39. The predicted molar refractivity (Wildman–Crippen MR) is 125 cm³/mol. The summed E-state index contributed by atoms with van der Waals surface area (Å²) in [6.45, 7) is 5.25. The molecular formula is C24H25N7O. The SMILES string of the molecule is CCc1[nH]c2ccc(-c3cncc(CN4CCC4)c3)cc2c1C(=O)Nc1cnc(N)nc1. The lowest BCUT2D eigenvalue weighted by Crippen LogP contribution is -2.36. The molecule has 0 spiro atoms. The van der Waals surface area contributed by atoms with Crippen LogP contribution in [0, 0.1) is 0 Å². The lowest BCUT2D eigenvalue weighted by molar-refractivity contribution is 0.102. The summed E-state index contributed by atoms with van der Waals surface area (Å²) in [4.78, 5) is 31.3. The van der Waals surface area contributed by atoms with Crippen LogP contribution in [-0.2, 0) is 13.0 Å². The Morgan fingerprint density at radius 1 is 1.12 bits per heavy atom. The zero-order valence-electron chi connectivity index (χ0n) is 17.9. The minimum Gasteiger partial charge on any atom is -0.368 e. The molecule has 4 heterocycles. The molecule has 0 aliphatic carbocycles. The van der Waals surface area contributed by atoms with Gasteiger partial charge in [0.05, 0.1) is 23.6 Å². The second-order valence-corrected chi connectivity index (χ2v) is 8.09. The number of H-pyrrole nitrogens is 1. The Morgan fingerprint density at radius 3 is 2.66 bits per heavy atom. The number of pyridine rings is 1. The molecular weight excluding hydrogens is 402 g/mol. The van der Waals surface area contributed by atoms with Gasteiger partial charge in [-0.05, 0) is 55.3 Å². The lowest BCUT2D eigenvalue weighted by Gasteiger charge is -2.30. The van der Waals surface area contributed by atoms with E-state index in [4.69, 9.17) is 5.73 Å². The number of benzene rings is 1. The summed E-state index contributed by atoms with van der Waals surface area (Å²) in [7, 11) is 0. The van der Waals surface area contributed by atoms with E-state index in [9.17, 15) is 4.79 Å². The summed E-state index contributed by atoms with van der Waals surface area (Å²) >= 11 is 0. The van der Waals surface area contributed by atoms with Gasteiger partial charge in [0.15, 0.2) is 0 Å². The molecule has 1 aliphatic heterocycles. The molecule has 1 saturated heterocycles. The highest BCUT2D eigenvalue weighted by Gasteiger charge is 2.19. The van der Waals surface area contributed by atoms with E-state index in [0.29, 0.717) is 17.7 Å². The number of amides is 1. The number of rotatable bonds is 6. The van der Waals surface area contributed by atoms with Gasteiger partial charge in [0.2, 0.25) is 5.95 Å². The van der Waals surface area contributed by atoms with Gasteiger partial charge in [0.25, 0.3) is 5.91 Å². The minimum atomic E-state index is -0.205. The number of aromatic amines is 1. The van der Waals surface area contributed by atoms with Gasteiger partial charge in [-0.2, -0.15) is 0 Å². The van der Waals surface area contributed by atoms with E-state index in [0.717, 1.165) is 47.4 Å². The number of likely N-dealkylation sites (tertiary alicyclic amines) is 1. The number of aromatic nitrogens is 4. The third-order valence-corrected chi connectivity index (χ3v) is 5.87. The molecule has 162 valence electrons. The smallest absolute Gasteiger partial charge is 0.258 e. The monoisotopic (exact) mass is 427 g/mol. The molecule has 3 aromatic heterocycles. The highest BCUT2D eigenvalue weighted by Crippen LogP contribution is 2.30. The average Bonchev–Trinajstić information content (AvgIpc) is 3.16. The van der Waals surface area contributed by atoms with Crippen LogP contribution in [0.3, 0.4) is 0 Å². The molecule has 1 aliphatic rings. The molecule has 1 fully saturated rings. The van der Waals surface area contributed by atoms with Gasteiger partial charge in [-0.1, -0.05) is 13.0 Å². The topological polar surface area (TPSA) is 113 Å². The van der Waals surface area contributed by atoms with Crippen molar-refractivity contribution in [1.29, 1.82) is 0 Å². The van der Waals surface area contributed by atoms with Crippen molar-refractivity contribution >= 4 is 28.4 Å². The molecule has 8 nitrogen and oxygen atoms in total. The molecule has 0 saturated carbocycles. The Bertz CT molecular complexity index is 1280. The van der Waals surface area contributed by atoms with Crippen molar-refractivity contribution in [3.05, 3.63) is 65.9 Å². The Kier molecular flexibility index (Phi) is 5.28. The average molecular weight is 428 g/mol. The van der Waals surface area contributed by atoms with E-state index in [-0.39, 0.29) is 11.9 Å². The number of anilines is 2. The zero-order chi connectivity index (χ0) is 22.1. The van der Waals surface area contributed by atoms with E-state index in [1.807, 2.05) is 25.4 Å². The summed E-state index contributed by atoms with van der Waals surface area (Å²) in [5.41, 5.74) is 11.8. The number of hydrogen-bond acceptors (Lipinski definition) is 6. The molecule has 0 radical (unpaired) electrons. The first-order valence-electron chi connectivity index (χ1n) is 10.8. The van der Waals surface area contributed by atoms with Crippen LogP contribution >= 0.6 is 0 Å². The van der Waals surface area contributed by atoms with Gasteiger partial charge in [-0.3, -0.25) is 14.7 Å². The largest absolute Gasteiger partial charge is 0.368 e. The maximum absolute atomic E-state index is 13.2. The van der Waals surface area contributed by atoms with Crippen molar-refractivity contribution in [1.82, 2.24) is 24.8 Å². The van der Waals surface area contributed by atoms with Gasteiger partial charge < -0.3 is 16.0 Å². The third kappa shape index (κ3) is 3.92. The molecule has 1 aromatic carbocycles. The number of nitrogens with zero attached hydrogens (tertiary/aromatic N) is 4. The highest BCUT2D eigenvalue weighted by atomic mass is 16.1. The number of nitrogens with one attached hydrogen (secondary N) is 2. The van der Waals surface area contributed by atoms with Crippen LogP contribution in [0.15, 0.2) is 49.1 Å². The van der Waals surface area contributed by atoms with Crippen LogP contribution in [0.25, 0.3) is 22.0 Å². The molecule has 4 N–H and O–H groups in total. The second-order valence-electron chi connectivity index (χ2n) is 8.09. The summed E-state index contributed by atoms with van der Waals surface area (Å²) in [6.07, 6.45) is 8.78. The summed E-state index contributed by atoms with van der Waals surface area (Å²) in [5.74, 6) is -0.0396. The van der Waals surface area contributed by atoms with Crippen molar-refractivity contribution in [3.8, 4) is 11.1 Å². The van der Waals surface area contributed by atoms with Gasteiger partial charge in [0, 0.05) is 41.1 Å². The van der Waals surface area contributed by atoms with Crippen molar-refractivity contribution in [2.24, 2.45) is 0 Å². The third-order valence-electron chi connectivity index (χ3n) is 5.87. The Balaban J connectivity index is 1.49. The molecule has 8 heteroatoms. The molecule has 0 unspecified atom stereocenters. The fourth-order valence-electron chi connectivity index (χ4n) is 4.08. The number of aryl methyl sites for hydroxylation is 1. The first-order valence-corrected chi connectivity index (χ1v) is 10.8. The van der Waals surface area contributed by atoms with Crippen LogP contribution in [0.1, 0.15) is 35.0 Å². The maximum Gasteiger partial charge on any atom is 0.258 e. The number of nitrogens with two attached hydrogens (primary N) is 1. The van der Waals surface area contributed by atoms with Gasteiger partial charge in [-0.15, -0.1) is 0 Å². The number of fused-ring (bicyclic) bond motifs is 1. The van der Waals surface area contributed by atoms with E-state index in [1.165, 1.54) is 24.4 Å². The Labute approximate surface area is 185 Å². The Hall–Kier alpha value is -3.78. The van der Waals surface area contributed by atoms with Gasteiger partial charge in [-0.25, -0.2) is 9.97 Å². The number of nitrogen functional groups attached to an aromatic ring is 1. The minimum absolute atomic E-state index is 0.166. The van der Waals surface area contributed by atoms with E-state index < -0.39 is 0 Å². The fraction of sp³-hybridized carbons (Fsp3) is 0.250. The number of hydrogen-bond donors (Lipinski definition) is 3. The van der Waals surface area contributed by atoms with Gasteiger partial charge in [0.1, 0.15) is 0 Å². The van der Waals surface area contributed by atoms with Crippen LogP contribution in [0.2, 0.25) is 0 Å². The zero-order valence-corrected chi connectivity index (χ0v) is 17.9. The Morgan fingerprint density at radius 2 is 1.94 bits per heavy atom. The van der Waals surface area contributed by atoms with Crippen molar-refractivity contribution in [3.63, 3.8) is 0 Å². The van der Waals surface area contributed by atoms with Crippen LogP contribution in [-0.4, -0.2) is 43.8 Å². The molecule has 1 amide bonds. The van der Waals surface area contributed by atoms with E-state index in [2.05, 4.69) is 48.4 Å². The van der Waals surface area contributed by atoms with Crippen molar-refractivity contribution in [2.75, 3.05) is 24.1 Å². The highest BCUT2D eigenvalue weighted by molar-refractivity contribution is 6.14. The summed E-state index contributed by atoms with van der Waals surface area (Å²) in [5, 5.41) is 3.76. The first kappa shape index (κ1) is 20.1. The van der Waals surface area contributed by atoms with Crippen molar-refractivity contribution < 1.29 is 4.79 Å². The van der Waals surface area contributed by atoms with Gasteiger partial charge >= 0.3 is 0 Å². The molecule has 4 aromatic rings. The van der Waals surface area contributed by atoms with Crippen molar-refractivity contribution in [2.45, 2.75) is 26.3 Å². The van der Waals surface area contributed by atoms with Crippen LogP contribution < -0.4 is 11.1 Å². The molecule has 32 heavy (non-hydrogen) atoms. The van der Waals surface area contributed by atoms with E-state index in [1.54, 1.807) is 0 Å². The van der Waals surface area contributed by atoms with Crippen LogP contribution in [0.5, 0.6) is 0 Å². The first-order chi connectivity index (χ1) is 15.6. The number of carbonyl (C=O) groups excluding carboxylic acids is 1. The molecule has 0 bridgehead atoms. The normalized spacial score (nSPS) is 13.8. The number of carbonyl (C=O) groups is 1. The maximum atomic E-state index is 13.2. The quantitative estimate of drug-likeness (QED) is 0.433. The standard InChI is InChI=1S/C24H25N7O/c1-2-20-22(23(32)29-18-12-27-24(25)28-13-18)19-9-16(4-5-21(19)30-20)17-8-15(10-26-11-17)14-31-6-3-7-31/h4-5,8-13,30H,2-3,6-7,14H2,1H3,(H,29,32)(H2,25,27,28). The lowest BCUT2D eigenvalue weighted by atomic mass is 10.0. The summed E-state index contributed by atoms with van der Waals surface area (Å²) < 4.78 is 0. The van der Waals surface area contributed by atoms with Crippen LogP contribution in [0.4, 0.5) is 11.6 Å². The predicted octanol–water partition coefficient (Wildman–Crippen LogP) is 3.62. The fourth-order valence-corrected chi connectivity index (χ4v) is 4.08. The molecule has 5 rings (SSSR count).